The maximum atomic E-state index is 12.7. The van der Waals surface area contributed by atoms with Crippen LogP contribution in [0.5, 0.6) is 5.75 Å². The summed E-state index contributed by atoms with van der Waals surface area (Å²) in [5.41, 5.74) is 1.84. The molecular formula is C36H48N2O5S. The monoisotopic (exact) mass is 620 g/mol. The van der Waals surface area contributed by atoms with E-state index in [1.165, 1.54) is 35.3 Å². The van der Waals surface area contributed by atoms with Gasteiger partial charge in [0.15, 0.2) is 0 Å². The summed E-state index contributed by atoms with van der Waals surface area (Å²) in [6.45, 7) is 14.9. The number of esters is 1. The first-order chi connectivity index (χ1) is 20.6. The highest BCUT2D eigenvalue weighted by Crippen LogP contribution is 2.39. The molecular weight excluding hydrogens is 572 g/mol. The minimum Gasteiger partial charge on any atom is -0.493 e. The number of unbranched alkanes of at least 4 members (excludes halogenated alkanes) is 1. The number of aromatic nitrogens is 1. The summed E-state index contributed by atoms with van der Waals surface area (Å²) >= 11 is 1.40. The van der Waals surface area contributed by atoms with Crippen LogP contribution in [0, 0.1) is 10.8 Å². The first-order valence-corrected chi connectivity index (χ1v) is 16.1. The molecule has 2 N–H and O–H groups in total. The number of rotatable bonds is 16. The number of carbonyl (C=O) groups is 2. The molecule has 7 nitrogen and oxygen atoms in total. The maximum Gasteiger partial charge on any atom is 0.337 e. The largest absolute Gasteiger partial charge is 0.493 e. The van der Waals surface area contributed by atoms with E-state index in [0.29, 0.717) is 12.4 Å². The van der Waals surface area contributed by atoms with Gasteiger partial charge in [-0.15, -0.1) is 0 Å². The minimum atomic E-state index is -0.995. The quantitative estimate of drug-likeness (QED) is 0.0930. The van der Waals surface area contributed by atoms with Gasteiger partial charge in [-0.05, 0) is 125 Å². The first kappa shape index (κ1) is 35.0. The van der Waals surface area contributed by atoms with Crippen LogP contribution in [0.3, 0.4) is 0 Å². The second kappa shape index (κ2) is 15.5. The highest BCUT2D eigenvalue weighted by molar-refractivity contribution is 8.00. The van der Waals surface area contributed by atoms with Gasteiger partial charge >= 0.3 is 11.9 Å². The summed E-state index contributed by atoms with van der Waals surface area (Å²) in [6.07, 6.45) is 7.33. The van der Waals surface area contributed by atoms with Crippen molar-refractivity contribution in [1.82, 2.24) is 4.98 Å². The lowest BCUT2D eigenvalue weighted by atomic mass is 9.72. The number of ether oxygens (including phenoxy) is 2. The molecule has 0 amide bonds. The fourth-order valence-corrected chi connectivity index (χ4v) is 5.78. The van der Waals surface area contributed by atoms with E-state index < -0.39 is 17.0 Å². The Morgan fingerprint density at radius 2 is 1.48 bits per heavy atom. The van der Waals surface area contributed by atoms with Gasteiger partial charge in [-0.25, -0.2) is 9.78 Å². The number of pyridine rings is 1. The summed E-state index contributed by atoms with van der Waals surface area (Å²) in [5.74, 6) is 0.288. The van der Waals surface area contributed by atoms with Gasteiger partial charge in [-0.3, -0.25) is 4.79 Å². The van der Waals surface area contributed by atoms with E-state index in [1.54, 1.807) is 6.07 Å². The number of carboxylic acids is 1. The second-order valence-corrected chi connectivity index (χ2v) is 14.6. The van der Waals surface area contributed by atoms with Gasteiger partial charge in [0.1, 0.15) is 17.2 Å². The summed E-state index contributed by atoms with van der Waals surface area (Å²) in [7, 11) is 0. The Kier molecular flexibility index (Phi) is 12.3. The van der Waals surface area contributed by atoms with Crippen molar-refractivity contribution in [3.63, 3.8) is 0 Å². The van der Waals surface area contributed by atoms with E-state index >= 15 is 0 Å². The van der Waals surface area contributed by atoms with Gasteiger partial charge in [0.05, 0.1) is 17.6 Å². The van der Waals surface area contributed by atoms with Crippen molar-refractivity contribution in [2.45, 2.75) is 97.5 Å². The Hall–Kier alpha value is -3.52. The van der Waals surface area contributed by atoms with Crippen LogP contribution in [0.2, 0.25) is 0 Å². The molecule has 0 saturated carbocycles. The standard InChI is InChI=1S/C36H48N2O5S/c1-34(2,3)43-33(41)36(6,7)25-35(4,5)22-9-8-10-26-11-13-27(14-12-26)21-23-42-29-16-18-30(19-17-29)44-38-31-20-15-28(24-37-31)32(39)40/h11-20,24H,8-10,21-23,25H2,1-7H3,(H,37,38)(H,39,40). The molecule has 0 fully saturated rings. The Labute approximate surface area is 267 Å². The van der Waals surface area contributed by atoms with E-state index in [1.807, 2.05) is 58.9 Å². The number of hydrogen-bond donors (Lipinski definition) is 2. The highest BCUT2D eigenvalue weighted by atomic mass is 32.2. The molecule has 3 aromatic rings. The number of aryl methyl sites for hydroxylation is 1. The summed E-state index contributed by atoms with van der Waals surface area (Å²) in [5, 5.41) is 8.97. The molecule has 0 atom stereocenters. The van der Waals surface area contributed by atoms with Crippen molar-refractivity contribution in [2.75, 3.05) is 11.3 Å². The third-order valence-corrected chi connectivity index (χ3v) is 8.05. The Morgan fingerprint density at radius 3 is 2.05 bits per heavy atom. The predicted molar refractivity (Wildman–Crippen MR) is 178 cm³/mol. The number of aromatic carboxylic acids is 1. The molecule has 0 aliphatic heterocycles. The normalized spacial score (nSPS) is 12.1. The zero-order chi connectivity index (χ0) is 32.4. The molecule has 0 bridgehead atoms. The number of nitrogens with one attached hydrogen (secondary N) is 1. The van der Waals surface area contributed by atoms with Crippen molar-refractivity contribution in [3.8, 4) is 5.75 Å². The van der Waals surface area contributed by atoms with Crippen molar-refractivity contribution in [2.24, 2.45) is 10.8 Å². The number of hydrogen-bond acceptors (Lipinski definition) is 7. The van der Waals surface area contributed by atoms with Crippen molar-refractivity contribution in [1.29, 1.82) is 0 Å². The van der Waals surface area contributed by atoms with Crippen LogP contribution < -0.4 is 9.46 Å². The van der Waals surface area contributed by atoms with E-state index in [4.69, 9.17) is 14.6 Å². The zero-order valence-electron chi connectivity index (χ0n) is 27.2. The van der Waals surface area contributed by atoms with E-state index in [2.05, 4.69) is 47.8 Å². The molecule has 8 heteroatoms. The van der Waals surface area contributed by atoms with Crippen LogP contribution in [-0.2, 0) is 22.4 Å². The second-order valence-electron chi connectivity index (χ2n) is 13.8. The summed E-state index contributed by atoms with van der Waals surface area (Å²) in [4.78, 5) is 28.7. The molecule has 0 unspecified atom stereocenters. The maximum absolute atomic E-state index is 12.7. The smallest absolute Gasteiger partial charge is 0.337 e. The molecule has 3 rings (SSSR count). The minimum absolute atomic E-state index is 0.0650. The lowest BCUT2D eigenvalue weighted by Crippen LogP contribution is -2.36. The predicted octanol–water partition coefficient (Wildman–Crippen LogP) is 9.02. The van der Waals surface area contributed by atoms with Crippen LogP contribution in [-0.4, -0.2) is 34.2 Å². The average molecular weight is 621 g/mol. The fourth-order valence-electron chi connectivity index (χ4n) is 5.16. The topological polar surface area (TPSA) is 97.8 Å². The number of benzene rings is 2. The molecule has 0 aliphatic carbocycles. The molecule has 0 spiro atoms. The van der Waals surface area contributed by atoms with E-state index in [9.17, 15) is 9.59 Å². The van der Waals surface area contributed by atoms with Crippen molar-refractivity contribution >= 4 is 29.7 Å². The van der Waals surface area contributed by atoms with Gasteiger partial charge in [-0.2, -0.15) is 0 Å². The van der Waals surface area contributed by atoms with Gasteiger partial charge in [0.2, 0.25) is 0 Å². The molecule has 1 aromatic heterocycles. The Balaban J connectivity index is 1.34. The molecule has 0 saturated heterocycles. The molecule has 0 radical (unpaired) electrons. The lowest BCUT2D eigenvalue weighted by Gasteiger charge is -2.35. The van der Waals surface area contributed by atoms with Crippen LogP contribution >= 0.6 is 11.9 Å². The number of carbonyl (C=O) groups excluding carboxylic acids is 1. The zero-order valence-corrected chi connectivity index (χ0v) is 28.1. The van der Waals surface area contributed by atoms with Crippen LogP contribution in [0.1, 0.15) is 95.6 Å². The lowest BCUT2D eigenvalue weighted by molar-refractivity contribution is -0.167. The molecule has 1 heterocycles. The number of carboxylic acid groups (broad SMARTS) is 1. The number of anilines is 1. The highest BCUT2D eigenvalue weighted by Gasteiger charge is 2.37. The molecule has 238 valence electrons. The summed E-state index contributed by atoms with van der Waals surface area (Å²) in [6, 6.07) is 19.8. The summed E-state index contributed by atoms with van der Waals surface area (Å²) < 4.78 is 14.7. The van der Waals surface area contributed by atoms with Gasteiger partial charge < -0.3 is 19.3 Å². The van der Waals surface area contributed by atoms with Crippen molar-refractivity contribution in [3.05, 3.63) is 83.6 Å². The van der Waals surface area contributed by atoms with Crippen LogP contribution in [0.15, 0.2) is 71.8 Å². The van der Waals surface area contributed by atoms with Gasteiger partial charge in [0.25, 0.3) is 0 Å². The molecule has 44 heavy (non-hydrogen) atoms. The van der Waals surface area contributed by atoms with Crippen molar-refractivity contribution < 1.29 is 24.2 Å². The third-order valence-electron chi connectivity index (χ3n) is 7.23. The first-order valence-electron chi connectivity index (χ1n) is 15.3. The van der Waals surface area contributed by atoms with Crippen LogP contribution in [0.25, 0.3) is 0 Å². The van der Waals surface area contributed by atoms with Gasteiger partial charge in [-0.1, -0.05) is 44.5 Å². The van der Waals surface area contributed by atoms with Gasteiger partial charge in [0, 0.05) is 17.5 Å². The van der Waals surface area contributed by atoms with E-state index in [-0.39, 0.29) is 16.9 Å². The third kappa shape index (κ3) is 12.2. The average Bonchev–Trinajstić information content (AvgIpc) is 2.94. The fraction of sp³-hybridized carbons (Fsp3) is 0.472. The molecule has 0 aliphatic rings. The van der Waals surface area contributed by atoms with E-state index in [0.717, 1.165) is 49.2 Å². The number of nitrogens with zero attached hydrogens (tertiary/aromatic N) is 1. The Bertz CT molecular complexity index is 1350. The molecule has 2 aromatic carbocycles. The van der Waals surface area contributed by atoms with Crippen LogP contribution in [0.4, 0.5) is 5.82 Å². The SMILES string of the molecule is CC(C)(CCCCc1ccc(CCOc2ccc(SNc3ccc(C(=O)O)cn3)cc2)cc1)CC(C)(C)C(=O)OC(C)(C)C. The Morgan fingerprint density at radius 1 is 0.841 bits per heavy atom.